The fraction of sp³-hybridized carbons (Fsp3) is 0.364. The van der Waals surface area contributed by atoms with Crippen molar-refractivity contribution in [2.24, 2.45) is 5.92 Å². The summed E-state index contributed by atoms with van der Waals surface area (Å²) in [6.07, 6.45) is 0.417. The standard InChI is InChI=1S/C22H26N2O4/c1-3-27-18-11-9-17(10-12-18)24-15-16(13-21(24)25)14-23-22(26)19-7-5-6-8-20(19)28-4-2/h5-12,16H,3-4,13-15H2,1-2H3,(H,23,26)/t16-/m1/s1. The van der Waals surface area contributed by atoms with E-state index in [1.54, 1.807) is 17.0 Å². The Hall–Kier alpha value is -3.02. The van der Waals surface area contributed by atoms with Crippen LogP contribution in [0.3, 0.4) is 0 Å². The Morgan fingerprint density at radius 1 is 1.07 bits per heavy atom. The van der Waals surface area contributed by atoms with Crippen LogP contribution in [0.25, 0.3) is 0 Å². The molecule has 1 fully saturated rings. The summed E-state index contributed by atoms with van der Waals surface area (Å²) < 4.78 is 11.0. The Balaban J connectivity index is 1.58. The zero-order chi connectivity index (χ0) is 19.9. The highest BCUT2D eigenvalue weighted by atomic mass is 16.5. The molecule has 28 heavy (non-hydrogen) atoms. The normalized spacial score (nSPS) is 16.1. The Morgan fingerprint density at radius 3 is 2.50 bits per heavy atom. The first kappa shape index (κ1) is 19.7. The summed E-state index contributed by atoms with van der Waals surface area (Å²) in [7, 11) is 0. The molecule has 6 heteroatoms. The van der Waals surface area contributed by atoms with Crippen LogP contribution in [0.2, 0.25) is 0 Å². The van der Waals surface area contributed by atoms with Crippen molar-refractivity contribution in [3.05, 3.63) is 54.1 Å². The van der Waals surface area contributed by atoms with Gasteiger partial charge in [-0.05, 0) is 50.2 Å². The Kier molecular flexibility index (Phi) is 6.53. The lowest BCUT2D eigenvalue weighted by atomic mass is 10.1. The van der Waals surface area contributed by atoms with E-state index in [4.69, 9.17) is 9.47 Å². The average Bonchev–Trinajstić information content (AvgIpc) is 3.08. The minimum Gasteiger partial charge on any atom is -0.494 e. The molecule has 1 N–H and O–H groups in total. The minimum atomic E-state index is -0.184. The third kappa shape index (κ3) is 4.63. The Bertz CT molecular complexity index is 820. The van der Waals surface area contributed by atoms with Crippen LogP contribution in [0.4, 0.5) is 5.69 Å². The molecule has 1 saturated heterocycles. The maximum absolute atomic E-state index is 12.5. The molecule has 0 spiro atoms. The van der Waals surface area contributed by atoms with Crippen molar-refractivity contribution in [2.45, 2.75) is 20.3 Å². The summed E-state index contributed by atoms with van der Waals surface area (Å²) in [5.41, 5.74) is 1.36. The first-order valence-corrected chi connectivity index (χ1v) is 9.65. The number of carbonyl (C=O) groups excluding carboxylic acids is 2. The lowest BCUT2D eigenvalue weighted by molar-refractivity contribution is -0.117. The van der Waals surface area contributed by atoms with E-state index in [1.807, 2.05) is 50.2 Å². The molecule has 6 nitrogen and oxygen atoms in total. The molecule has 2 aromatic rings. The zero-order valence-electron chi connectivity index (χ0n) is 16.3. The van der Waals surface area contributed by atoms with E-state index < -0.39 is 0 Å². The predicted octanol–water partition coefficient (Wildman–Crippen LogP) is 3.27. The second-order valence-corrected chi connectivity index (χ2v) is 6.64. The molecule has 2 amide bonds. The molecular weight excluding hydrogens is 356 g/mol. The molecule has 0 unspecified atom stereocenters. The van der Waals surface area contributed by atoms with E-state index in [1.165, 1.54) is 0 Å². The van der Waals surface area contributed by atoms with E-state index >= 15 is 0 Å². The van der Waals surface area contributed by atoms with E-state index in [0.29, 0.717) is 44.0 Å². The smallest absolute Gasteiger partial charge is 0.255 e. The number of amides is 2. The summed E-state index contributed by atoms with van der Waals surface area (Å²) in [5, 5.41) is 2.94. The van der Waals surface area contributed by atoms with Gasteiger partial charge in [-0.3, -0.25) is 9.59 Å². The van der Waals surface area contributed by atoms with E-state index in [2.05, 4.69) is 5.32 Å². The fourth-order valence-corrected chi connectivity index (χ4v) is 3.32. The molecule has 0 bridgehead atoms. The number of nitrogens with one attached hydrogen (secondary N) is 1. The van der Waals surface area contributed by atoms with E-state index in [9.17, 15) is 9.59 Å². The van der Waals surface area contributed by atoms with Crippen molar-refractivity contribution >= 4 is 17.5 Å². The molecule has 0 radical (unpaired) electrons. The molecule has 0 aromatic heterocycles. The molecule has 1 aliphatic rings. The maximum atomic E-state index is 12.5. The molecule has 3 rings (SSSR count). The van der Waals surface area contributed by atoms with Crippen molar-refractivity contribution in [1.82, 2.24) is 5.32 Å². The van der Waals surface area contributed by atoms with Gasteiger partial charge in [-0.25, -0.2) is 0 Å². The second-order valence-electron chi connectivity index (χ2n) is 6.64. The van der Waals surface area contributed by atoms with E-state index in [0.717, 1.165) is 11.4 Å². The number of carbonyl (C=O) groups is 2. The topological polar surface area (TPSA) is 67.9 Å². The van der Waals surface area contributed by atoms with Crippen LogP contribution < -0.4 is 19.7 Å². The fourth-order valence-electron chi connectivity index (χ4n) is 3.32. The van der Waals surface area contributed by atoms with Gasteiger partial charge in [0.15, 0.2) is 0 Å². The van der Waals surface area contributed by atoms with E-state index in [-0.39, 0.29) is 17.7 Å². The Labute approximate surface area is 165 Å². The van der Waals surface area contributed by atoms with Crippen LogP contribution in [0.15, 0.2) is 48.5 Å². The SMILES string of the molecule is CCOc1ccc(N2C[C@@H](CNC(=O)c3ccccc3OCC)CC2=O)cc1. The van der Waals surface area contributed by atoms with Crippen molar-refractivity contribution < 1.29 is 19.1 Å². The van der Waals surface area contributed by atoms with Crippen molar-refractivity contribution in [1.29, 1.82) is 0 Å². The lowest BCUT2D eigenvalue weighted by Gasteiger charge is -2.17. The van der Waals surface area contributed by atoms with Crippen LogP contribution in [-0.2, 0) is 4.79 Å². The third-order valence-electron chi connectivity index (χ3n) is 4.65. The molecule has 0 saturated carbocycles. The monoisotopic (exact) mass is 382 g/mol. The summed E-state index contributed by atoms with van der Waals surface area (Å²) >= 11 is 0. The van der Waals surface area contributed by atoms with Crippen LogP contribution in [0, 0.1) is 5.92 Å². The van der Waals surface area contributed by atoms with Crippen LogP contribution in [-0.4, -0.2) is 38.1 Å². The quantitative estimate of drug-likeness (QED) is 0.761. The third-order valence-corrected chi connectivity index (χ3v) is 4.65. The molecule has 2 aromatic carbocycles. The summed E-state index contributed by atoms with van der Waals surface area (Å²) in [4.78, 5) is 26.7. The summed E-state index contributed by atoms with van der Waals surface area (Å²) in [6.45, 7) is 5.95. The van der Waals surface area contributed by atoms with Gasteiger partial charge in [-0.1, -0.05) is 12.1 Å². The summed E-state index contributed by atoms with van der Waals surface area (Å²) in [6, 6.07) is 14.7. The number of hydrogen-bond donors (Lipinski definition) is 1. The van der Waals surface area contributed by atoms with Gasteiger partial charge in [-0.15, -0.1) is 0 Å². The Morgan fingerprint density at radius 2 is 1.79 bits per heavy atom. The van der Waals surface area contributed by atoms with Gasteiger partial charge in [0.1, 0.15) is 11.5 Å². The molecule has 1 heterocycles. The van der Waals surface area contributed by atoms with Gasteiger partial charge < -0.3 is 19.7 Å². The molecule has 1 atom stereocenters. The minimum absolute atomic E-state index is 0.0677. The van der Waals surface area contributed by atoms with Gasteiger partial charge in [0.05, 0.1) is 18.8 Å². The van der Waals surface area contributed by atoms with Crippen molar-refractivity contribution in [3.63, 3.8) is 0 Å². The molecule has 148 valence electrons. The first-order valence-electron chi connectivity index (χ1n) is 9.65. The highest BCUT2D eigenvalue weighted by Crippen LogP contribution is 2.27. The van der Waals surface area contributed by atoms with Gasteiger partial charge in [0, 0.05) is 31.1 Å². The van der Waals surface area contributed by atoms with Crippen molar-refractivity contribution in [2.75, 3.05) is 31.2 Å². The lowest BCUT2D eigenvalue weighted by Crippen LogP contribution is -2.31. The highest BCUT2D eigenvalue weighted by molar-refractivity contribution is 5.97. The molecule has 1 aliphatic heterocycles. The second kappa shape index (κ2) is 9.26. The number of rotatable bonds is 8. The summed E-state index contributed by atoms with van der Waals surface area (Å²) in [5.74, 6) is 1.31. The van der Waals surface area contributed by atoms with Gasteiger partial charge in [0.25, 0.3) is 5.91 Å². The number of para-hydroxylation sites is 1. The predicted molar refractivity (Wildman–Crippen MR) is 108 cm³/mol. The average molecular weight is 382 g/mol. The van der Waals surface area contributed by atoms with Crippen molar-refractivity contribution in [3.8, 4) is 11.5 Å². The van der Waals surface area contributed by atoms with Gasteiger partial charge in [-0.2, -0.15) is 0 Å². The van der Waals surface area contributed by atoms with Gasteiger partial charge >= 0.3 is 0 Å². The van der Waals surface area contributed by atoms with Crippen LogP contribution in [0.1, 0.15) is 30.6 Å². The molecular formula is C22H26N2O4. The van der Waals surface area contributed by atoms with Crippen LogP contribution in [0.5, 0.6) is 11.5 Å². The first-order chi connectivity index (χ1) is 13.6. The van der Waals surface area contributed by atoms with Gasteiger partial charge in [0.2, 0.25) is 5.91 Å². The number of anilines is 1. The number of hydrogen-bond acceptors (Lipinski definition) is 4. The number of ether oxygens (including phenoxy) is 2. The number of benzene rings is 2. The number of nitrogens with zero attached hydrogens (tertiary/aromatic N) is 1. The maximum Gasteiger partial charge on any atom is 0.255 e. The molecule has 0 aliphatic carbocycles. The zero-order valence-corrected chi connectivity index (χ0v) is 16.3. The van der Waals surface area contributed by atoms with Crippen LogP contribution >= 0.6 is 0 Å². The highest BCUT2D eigenvalue weighted by Gasteiger charge is 2.31. The largest absolute Gasteiger partial charge is 0.494 e.